The molecule has 0 radical (unpaired) electrons. The maximum absolute atomic E-state index is 12.7. The predicted octanol–water partition coefficient (Wildman–Crippen LogP) is 3.83. The zero-order valence-corrected chi connectivity index (χ0v) is 17.1. The van der Waals surface area contributed by atoms with Crippen molar-refractivity contribution in [2.24, 2.45) is 0 Å². The van der Waals surface area contributed by atoms with Crippen LogP contribution >= 0.6 is 35.0 Å². The van der Waals surface area contributed by atoms with E-state index >= 15 is 0 Å². The van der Waals surface area contributed by atoms with E-state index in [9.17, 15) is 14.4 Å². The number of amides is 3. The molecule has 1 unspecified atom stereocenters. The summed E-state index contributed by atoms with van der Waals surface area (Å²) in [5.41, 5.74) is 1.81. The van der Waals surface area contributed by atoms with Crippen molar-refractivity contribution in [3.63, 3.8) is 0 Å². The molecule has 1 heterocycles. The average Bonchev–Trinajstić information content (AvgIpc) is 2.97. The van der Waals surface area contributed by atoms with E-state index in [1.807, 2.05) is 0 Å². The Morgan fingerprint density at radius 3 is 2.64 bits per heavy atom. The number of thioether (sulfide) groups is 1. The molecule has 6 nitrogen and oxygen atoms in total. The molecule has 1 aliphatic rings. The van der Waals surface area contributed by atoms with Crippen LogP contribution in [0.5, 0.6) is 5.75 Å². The van der Waals surface area contributed by atoms with Crippen LogP contribution in [0.4, 0.5) is 4.79 Å². The summed E-state index contributed by atoms with van der Waals surface area (Å²) in [6.45, 7) is 0.220. The largest absolute Gasteiger partial charge is 0.496 e. The summed E-state index contributed by atoms with van der Waals surface area (Å²) in [5.74, 6) is -0.262. The van der Waals surface area contributed by atoms with Crippen LogP contribution in [0.25, 0.3) is 0 Å². The first-order valence-electron chi connectivity index (χ1n) is 8.28. The quantitative estimate of drug-likeness (QED) is 0.715. The topological polar surface area (TPSA) is 84.5 Å². The van der Waals surface area contributed by atoms with Gasteiger partial charge in [-0.1, -0.05) is 47.1 Å². The van der Waals surface area contributed by atoms with Crippen LogP contribution in [0, 0.1) is 0 Å². The fourth-order valence-electron chi connectivity index (χ4n) is 2.74. The molecule has 1 aliphatic heterocycles. The summed E-state index contributed by atoms with van der Waals surface area (Å²) in [7, 11) is 1.47. The minimum atomic E-state index is -0.510. The van der Waals surface area contributed by atoms with Crippen LogP contribution in [0.1, 0.15) is 21.5 Å². The lowest BCUT2D eigenvalue weighted by molar-refractivity contribution is -0.118. The number of rotatable bonds is 6. The third-order valence-electron chi connectivity index (χ3n) is 4.15. The first-order chi connectivity index (χ1) is 13.4. The molecule has 0 spiro atoms. The minimum Gasteiger partial charge on any atom is -0.496 e. The Morgan fingerprint density at radius 1 is 1.21 bits per heavy atom. The van der Waals surface area contributed by atoms with Gasteiger partial charge in [0.1, 0.15) is 5.75 Å². The fraction of sp³-hybridized carbons (Fsp3) is 0.211. The Kier molecular flexibility index (Phi) is 6.49. The van der Waals surface area contributed by atoms with Crippen molar-refractivity contribution in [3.05, 3.63) is 63.1 Å². The number of ether oxygens (including phenoxy) is 1. The van der Waals surface area contributed by atoms with Crippen molar-refractivity contribution in [3.8, 4) is 5.75 Å². The second kappa shape index (κ2) is 8.86. The Morgan fingerprint density at radius 2 is 2.00 bits per heavy atom. The number of benzene rings is 2. The van der Waals surface area contributed by atoms with Gasteiger partial charge in [0.15, 0.2) is 0 Å². The average molecular weight is 439 g/mol. The molecule has 1 saturated heterocycles. The molecule has 3 amide bonds. The van der Waals surface area contributed by atoms with Gasteiger partial charge in [-0.2, -0.15) is 0 Å². The molecule has 1 atom stereocenters. The predicted molar refractivity (Wildman–Crippen MR) is 109 cm³/mol. The molecule has 1 fully saturated rings. The molecule has 2 aromatic rings. The van der Waals surface area contributed by atoms with Gasteiger partial charge in [-0.3, -0.25) is 19.7 Å². The minimum absolute atomic E-state index is 0.220. The van der Waals surface area contributed by atoms with Crippen molar-refractivity contribution in [1.82, 2.24) is 10.6 Å². The Balaban J connectivity index is 1.74. The smallest absolute Gasteiger partial charge is 0.286 e. The van der Waals surface area contributed by atoms with Crippen molar-refractivity contribution < 1.29 is 19.1 Å². The van der Waals surface area contributed by atoms with Gasteiger partial charge in [-0.25, -0.2) is 0 Å². The lowest BCUT2D eigenvalue weighted by Gasteiger charge is -2.13. The summed E-state index contributed by atoms with van der Waals surface area (Å²) >= 11 is 13.0. The molecule has 146 valence electrons. The van der Waals surface area contributed by atoms with Crippen LogP contribution in [0.2, 0.25) is 10.0 Å². The highest BCUT2D eigenvalue weighted by Gasteiger charge is 2.31. The first-order valence-corrected chi connectivity index (χ1v) is 9.91. The van der Waals surface area contributed by atoms with Crippen molar-refractivity contribution >= 4 is 52.0 Å². The molecular formula is C19H16Cl2N2O4S. The van der Waals surface area contributed by atoms with Gasteiger partial charge in [-0.15, -0.1) is 0 Å². The number of carbonyl (C=O) groups is 3. The highest BCUT2D eigenvalue weighted by molar-refractivity contribution is 8.15. The van der Waals surface area contributed by atoms with E-state index in [-0.39, 0.29) is 23.6 Å². The third kappa shape index (κ3) is 4.79. The van der Waals surface area contributed by atoms with E-state index in [0.717, 1.165) is 22.9 Å². The number of hydrogen-bond acceptors (Lipinski definition) is 5. The van der Waals surface area contributed by atoms with Crippen LogP contribution in [0.15, 0.2) is 36.4 Å². The molecule has 2 N–H and O–H groups in total. The number of methoxy groups -OCH3 is 1. The van der Waals surface area contributed by atoms with Gasteiger partial charge in [0, 0.05) is 16.6 Å². The normalized spacial score (nSPS) is 16.0. The number of imide groups is 1. The molecule has 0 aromatic heterocycles. The van der Waals surface area contributed by atoms with Gasteiger partial charge in [0.05, 0.1) is 17.9 Å². The fourth-order valence-corrected chi connectivity index (χ4v) is 4.07. The lowest BCUT2D eigenvalue weighted by Crippen LogP contribution is -2.26. The van der Waals surface area contributed by atoms with Crippen LogP contribution < -0.4 is 15.4 Å². The van der Waals surface area contributed by atoms with Crippen molar-refractivity contribution in [1.29, 1.82) is 0 Å². The summed E-state index contributed by atoms with van der Waals surface area (Å²) in [6, 6.07) is 10.1. The first kappa shape index (κ1) is 20.5. The second-order valence-electron chi connectivity index (χ2n) is 6.04. The Hall–Kier alpha value is -2.22. The van der Waals surface area contributed by atoms with Crippen LogP contribution in [-0.2, 0) is 17.8 Å². The summed E-state index contributed by atoms with van der Waals surface area (Å²) in [6.07, 6.45) is 0.329. The SMILES string of the molecule is COc1ccc(CC2SC(=O)NC2=O)cc1C(=O)NCc1ccc(Cl)cc1Cl. The van der Waals surface area contributed by atoms with E-state index < -0.39 is 5.25 Å². The van der Waals surface area contributed by atoms with E-state index in [1.165, 1.54) is 7.11 Å². The van der Waals surface area contributed by atoms with Gasteiger partial charge in [-0.05, 0) is 41.8 Å². The van der Waals surface area contributed by atoms with Gasteiger partial charge in [0.2, 0.25) is 5.91 Å². The molecule has 3 rings (SSSR count). The molecule has 28 heavy (non-hydrogen) atoms. The summed E-state index contributed by atoms with van der Waals surface area (Å²) < 4.78 is 5.28. The maximum atomic E-state index is 12.7. The van der Waals surface area contributed by atoms with Gasteiger partial charge < -0.3 is 10.1 Å². The highest BCUT2D eigenvalue weighted by Crippen LogP contribution is 2.26. The molecule has 0 bridgehead atoms. The van der Waals surface area contributed by atoms with E-state index in [4.69, 9.17) is 27.9 Å². The highest BCUT2D eigenvalue weighted by atomic mass is 35.5. The second-order valence-corrected chi connectivity index (χ2v) is 8.06. The number of carbonyl (C=O) groups excluding carboxylic acids is 3. The zero-order chi connectivity index (χ0) is 20.3. The van der Waals surface area contributed by atoms with E-state index in [1.54, 1.807) is 36.4 Å². The van der Waals surface area contributed by atoms with Gasteiger partial charge in [0.25, 0.3) is 11.1 Å². The van der Waals surface area contributed by atoms with Crippen LogP contribution in [-0.4, -0.2) is 29.4 Å². The molecule has 0 aliphatic carbocycles. The number of hydrogen-bond donors (Lipinski definition) is 2. The summed E-state index contributed by atoms with van der Waals surface area (Å²) in [4.78, 5) is 35.8. The van der Waals surface area contributed by atoms with E-state index in [2.05, 4.69) is 10.6 Å². The van der Waals surface area contributed by atoms with E-state index in [0.29, 0.717) is 27.8 Å². The standard InChI is InChI=1S/C19H16Cl2N2O4S/c1-27-15-5-2-10(7-16-18(25)23-19(26)28-16)6-13(15)17(24)22-9-11-3-4-12(20)8-14(11)21/h2-6,8,16H,7,9H2,1H3,(H,22,24)(H,23,25,26). The molecule has 0 saturated carbocycles. The molecular weight excluding hydrogens is 423 g/mol. The Bertz CT molecular complexity index is 952. The maximum Gasteiger partial charge on any atom is 0.286 e. The van der Waals surface area contributed by atoms with Gasteiger partial charge >= 0.3 is 0 Å². The lowest BCUT2D eigenvalue weighted by atomic mass is 10.0. The summed E-state index contributed by atoms with van der Waals surface area (Å²) in [5, 5.41) is 5.16. The zero-order valence-electron chi connectivity index (χ0n) is 14.8. The number of halogens is 2. The molecule has 9 heteroatoms. The van der Waals surface area contributed by atoms with Crippen molar-refractivity contribution in [2.45, 2.75) is 18.2 Å². The molecule has 2 aromatic carbocycles. The van der Waals surface area contributed by atoms with Crippen LogP contribution in [0.3, 0.4) is 0 Å². The third-order valence-corrected chi connectivity index (χ3v) is 5.72. The number of nitrogens with one attached hydrogen (secondary N) is 2. The van der Waals surface area contributed by atoms with Crippen molar-refractivity contribution in [2.75, 3.05) is 7.11 Å². The monoisotopic (exact) mass is 438 g/mol. The Labute approximate surface area is 175 Å².